The Bertz CT molecular complexity index is 1180. The van der Waals surface area contributed by atoms with E-state index in [1.54, 1.807) is 44.2 Å². The second-order valence-corrected chi connectivity index (χ2v) is 12.8. The number of hydrogen-bond acceptors (Lipinski definition) is 9. The van der Waals surface area contributed by atoms with Crippen molar-refractivity contribution >= 4 is 23.4 Å². The molecule has 0 saturated heterocycles. The molecule has 44 heavy (non-hydrogen) atoms. The predicted molar refractivity (Wildman–Crippen MR) is 177 cm³/mol. The maximum atomic E-state index is 13.8. The van der Waals surface area contributed by atoms with Gasteiger partial charge in [-0.25, -0.2) is 9.78 Å². The maximum Gasteiger partial charge on any atom is 0.334 e. The lowest BCUT2D eigenvalue weighted by Crippen LogP contribution is -2.47. The lowest BCUT2D eigenvalue weighted by molar-refractivity contribution is -0.164. The van der Waals surface area contributed by atoms with Gasteiger partial charge in [-0.15, -0.1) is 11.3 Å². The smallest absolute Gasteiger partial charge is 0.334 e. The van der Waals surface area contributed by atoms with Gasteiger partial charge in [0.25, 0.3) is 0 Å². The molecule has 2 bridgehead atoms. The summed E-state index contributed by atoms with van der Waals surface area (Å²) in [5, 5.41) is 57.1. The Hall–Kier alpha value is -2.40. The van der Waals surface area contributed by atoms with Crippen molar-refractivity contribution < 1.29 is 35.1 Å². The highest BCUT2D eigenvalue weighted by molar-refractivity contribution is 7.09. The molecule has 0 spiro atoms. The number of nitrogens with zero attached hydrogens (tertiary/aromatic N) is 1. The number of aliphatic hydroxyl groups excluding tert-OH is 5. The van der Waals surface area contributed by atoms with Gasteiger partial charge in [-0.2, -0.15) is 0 Å². The normalized spacial score (nSPS) is 30.6. The second kappa shape index (κ2) is 19.2. The quantitative estimate of drug-likeness (QED) is 0.131. The van der Waals surface area contributed by atoms with Gasteiger partial charge in [0.15, 0.2) is 0 Å². The average Bonchev–Trinajstić information content (AvgIpc) is 3.47. The molecule has 0 aromatic carbocycles. The first-order chi connectivity index (χ1) is 20.9. The molecular formula is C35H53NO7S. The zero-order valence-corrected chi connectivity index (χ0v) is 27.9. The van der Waals surface area contributed by atoms with E-state index in [9.17, 15) is 30.3 Å². The number of aromatic nitrogens is 1. The van der Waals surface area contributed by atoms with Crippen LogP contribution in [0.4, 0.5) is 0 Å². The number of ether oxygens (including phenoxy) is 1. The van der Waals surface area contributed by atoms with E-state index in [0.29, 0.717) is 28.3 Å². The van der Waals surface area contributed by atoms with Gasteiger partial charge in [0.2, 0.25) is 0 Å². The van der Waals surface area contributed by atoms with Crippen LogP contribution in [0.1, 0.15) is 103 Å². The number of carbonyl (C=O) groups excluding carboxylic acids is 1. The van der Waals surface area contributed by atoms with E-state index < -0.39 is 48.5 Å². The molecule has 0 saturated carbocycles. The molecule has 9 heteroatoms. The van der Waals surface area contributed by atoms with Crippen molar-refractivity contribution in [3.8, 4) is 0 Å². The van der Waals surface area contributed by atoms with Crippen molar-refractivity contribution in [2.45, 2.75) is 129 Å². The minimum Gasteiger partial charge on any atom is -0.456 e. The standard InChI is InChI=1S/C35H53NO7S/c1-7-9-10-12-15-26-19-27-21-44-34(36-27)24(5)30(39)20-28(37)16-13-11-14-17-29(38)32(41)33(43-35(26)42)25(6)31(40)23(4)18-22(3)8-2/h8,11,13-14,16,18-19,21,24-25,28-33,37-41H,7,9-10,12,15,17,20H2,1-6H3/b14-11-,16-13+,22-8+,23-18+,26-19+. The highest BCUT2D eigenvalue weighted by Crippen LogP contribution is 2.29. The molecule has 8 unspecified atom stereocenters. The number of carbonyl (C=O) groups is 1. The lowest BCUT2D eigenvalue weighted by atomic mass is 9.87. The van der Waals surface area contributed by atoms with Gasteiger partial charge >= 0.3 is 5.97 Å². The first-order valence-electron chi connectivity index (χ1n) is 15.8. The summed E-state index contributed by atoms with van der Waals surface area (Å²) in [7, 11) is 0. The Morgan fingerprint density at radius 1 is 1.14 bits per heavy atom. The number of fused-ring (bicyclic) bond motifs is 2. The molecule has 2 rings (SSSR count). The Morgan fingerprint density at radius 3 is 2.55 bits per heavy atom. The molecule has 246 valence electrons. The van der Waals surface area contributed by atoms with Gasteiger partial charge in [0.1, 0.15) is 12.2 Å². The number of thiazole rings is 1. The topological polar surface area (TPSA) is 140 Å². The Balaban J connectivity index is 2.55. The number of esters is 1. The number of unbranched alkanes of at least 4 members (excludes halogenated alkanes) is 3. The molecule has 2 heterocycles. The van der Waals surface area contributed by atoms with Crippen LogP contribution in [-0.2, 0) is 9.53 Å². The molecule has 0 aliphatic carbocycles. The summed E-state index contributed by atoms with van der Waals surface area (Å²) >= 11 is 1.37. The van der Waals surface area contributed by atoms with Gasteiger partial charge in [-0.1, -0.05) is 82.1 Å². The fraction of sp³-hybridized carbons (Fsp3) is 0.600. The summed E-state index contributed by atoms with van der Waals surface area (Å²) in [6, 6.07) is 0. The minimum atomic E-state index is -1.48. The zero-order valence-electron chi connectivity index (χ0n) is 27.1. The van der Waals surface area contributed by atoms with E-state index in [1.165, 1.54) is 11.3 Å². The molecule has 0 radical (unpaired) electrons. The first kappa shape index (κ1) is 37.8. The largest absolute Gasteiger partial charge is 0.456 e. The number of hydrogen-bond donors (Lipinski definition) is 5. The van der Waals surface area contributed by atoms with E-state index in [2.05, 4.69) is 11.9 Å². The lowest BCUT2D eigenvalue weighted by Gasteiger charge is -2.34. The first-order valence-corrected chi connectivity index (χ1v) is 16.7. The van der Waals surface area contributed by atoms with E-state index >= 15 is 0 Å². The Kier molecular flexibility index (Phi) is 16.5. The van der Waals surface area contributed by atoms with Crippen molar-refractivity contribution in [2.24, 2.45) is 5.92 Å². The van der Waals surface area contributed by atoms with Crippen LogP contribution in [0.25, 0.3) is 6.08 Å². The van der Waals surface area contributed by atoms with Crippen LogP contribution in [0.3, 0.4) is 0 Å². The summed E-state index contributed by atoms with van der Waals surface area (Å²) in [5.74, 6) is -1.71. The van der Waals surface area contributed by atoms with E-state index in [0.717, 1.165) is 31.3 Å². The third-order valence-corrected chi connectivity index (χ3v) is 9.26. The summed E-state index contributed by atoms with van der Waals surface area (Å²) in [6.07, 6.45) is 9.51. The highest BCUT2D eigenvalue weighted by Gasteiger charge is 2.38. The summed E-state index contributed by atoms with van der Waals surface area (Å²) < 4.78 is 5.98. The molecule has 1 aromatic heterocycles. The summed E-state index contributed by atoms with van der Waals surface area (Å²) in [6.45, 7) is 11.3. The van der Waals surface area contributed by atoms with Crippen LogP contribution in [0.5, 0.6) is 0 Å². The van der Waals surface area contributed by atoms with Crippen molar-refractivity contribution in [1.82, 2.24) is 4.98 Å². The van der Waals surface area contributed by atoms with Gasteiger partial charge in [-0.3, -0.25) is 0 Å². The van der Waals surface area contributed by atoms with E-state index in [-0.39, 0.29) is 18.8 Å². The van der Waals surface area contributed by atoms with Gasteiger partial charge in [0, 0.05) is 29.2 Å². The molecule has 8 atom stereocenters. The number of cyclic esters (lactones) is 1. The second-order valence-electron chi connectivity index (χ2n) is 12.0. The Morgan fingerprint density at radius 2 is 1.86 bits per heavy atom. The highest BCUT2D eigenvalue weighted by atomic mass is 32.1. The minimum absolute atomic E-state index is 0.0473. The van der Waals surface area contributed by atoms with Crippen LogP contribution >= 0.6 is 11.3 Å². The van der Waals surface area contributed by atoms with Crippen LogP contribution in [0, 0.1) is 5.92 Å². The van der Waals surface area contributed by atoms with Gasteiger partial charge in [0.05, 0.1) is 35.1 Å². The number of allylic oxidation sites excluding steroid dienone is 5. The van der Waals surface area contributed by atoms with Gasteiger partial charge < -0.3 is 30.3 Å². The van der Waals surface area contributed by atoms with E-state index in [1.807, 2.05) is 38.3 Å². The Labute approximate surface area is 267 Å². The molecule has 8 nitrogen and oxygen atoms in total. The zero-order chi connectivity index (χ0) is 32.8. The molecule has 0 amide bonds. The third kappa shape index (κ3) is 11.8. The molecule has 1 aromatic rings. The molecule has 5 N–H and O–H groups in total. The molecular weight excluding hydrogens is 578 g/mol. The molecule has 1 aliphatic rings. The third-order valence-electron chi connectivity index (χ3n) is 8.20. The molecule has 0 fully saturated rings. The fourth-order valence-electron chi connectivity index (χ4n) is 5.08. The SMILES string of the molecule is C/C=C(C)/C=C(\C)C(O)C(C)C1OC(=O)/C(CCCCCC)=C/c2csc(n2)C(C)C(O)CC(O)/C=C/C=C\CC(O)C1O. The summed E-state index contributed by atoms with van der Waals surface area (Å²) in [4.78, 5) is 18.4. The van der Waals surface area contributed by atoms with Crippen LogP contribution in [0.15, 0.2) is 58.6 Å². The van der Waals surface area contributed by atoms with Crippen LogP contribution in [-0.4, -0.2) is 73.1 Å². The van der Waals surface area contributed by atoms with Crippen molar-refractivity contribution in [2.75, 3.05) is 0 Å². The van der Waals surface area contributed by atoms with Crippen molar-refractivity contribution in [3.05, 3.63) is 69.3 Å². The van der Waals surface area contributed by atoms with Crippen LogP contribution in [0.2, 0.25) is 0 Å². The summed E-state index contributed by atoms with van der Waals surface area (Å²) in [5.41, 5.74) is 2.54. The predicted octanol–water partition coefficient (Wildman–Crippen LogP) is 5.77. The maximum absolute atomic E-state index is 13.8. The van der Waals surface area contributed by atoms with E-state index in [4.69, 9.17) is 4.74 Å². The van der Waals surface area contributed by atoms with Crippen molar-refractivity contribution in [1.29, 1.82) is 0 Å². The van der Waals surface area contributed by atoms with Gasteiger partial charge in [-0.05, 0) is 51.7 Å². The van der Waals surface area contributed by atoms with Crippen LogP contribution < -0.4 is 0 Å². The molecule has 1 aliphatic heterocycles. The fourth-order valence-corrected chi connectivity index (χ4v) is 5.97. The number of aliphatic hydroxyl groups is 5. The monoisotopic (exact) mass is 631 g/mol. The average molecular weight is 632 g/mol. The number of rotatable bonds is 9. The van der Waals surface area contributed by atoms with Crippen molar-refractivity contribution in [3.63, 3.8) is 0 Å².